The lowest BCUT2D eigenvalue weighted by atomic mass is 9.79. The molecule has 2 fully saturated rings. The van der Waals surface area contributed by atoms with Gasteiger partial charge in [-0.1, -0.05) is 13.0 Å². The molecule has 114 valence electrons. The lowest BCUT2D eigenvalue weighted by Gasteiger charge is -2.42. The zero-order valence-electron chi connectivity index (χ0n) is 12.6. The van der Waals surface area contributed by atoms with Crippen molar-refractivity contribution in [2.24, 2.45) is 5.92 Å². The minimum Gasteiger partial charge on any atom is -0.375 e. The summed E-state index contributed by atoms with van der Waals surface area (Å²) in [7, 11) is 0. The third-order valence-corrected chi connectivity index (χ3v) is 5.76. The van der Waals surface area contributed by atoms with Gasteiger partial charge in [-0.05, 0) is 55.2 Å². The van der Waals surface area contributed by atoms with Crippen LogP contribution in [0.15, 0.2) is 18.3 Å². The summed E-state index contributed by atoms with van der Waals surface area (Å²) >= 11 is 2.00. The lowest BCUT2D eigenvalue weighted by molar-refractivity contribution is -0.0960. The molecule has 1 spiro atoms. The quantitative estimate of drug-likeness (QED) is 0.801. The van der Waals surface area contributed by atoms with E-state index in [1.165, 1.54) is 0 Å². The molecule has 0 radical (unpaired) electrons. The van der Waals surface area contributed by atoms with Crippen molar-refractivity contribution in [2.45, 2.75) is 44.6 Å². The van der Waals surface area contributed by atoms with Gasteiger partial charge < -0.3 is 4.74 Å². The van der Waals surface area contributed by atoms with Crippen molar-refractivity contribution in [1.82, 2.24) is 4.98 Å². The van der Waals surface area contributed by atoms with Gasteiger partial charge in [0.1, 0.15) is 5.69 Å². The van der Waals surface area contributed by atoms with Crippen molar-refractivity contribution in [2.75, 3.05) is 18.1 Å². The standard InChI is InChI=1S/C17H23NO2S/c1-2-13-4-3-8-18-15(13)16(19)14-5-9-20-17(12-14)6-10-21-11-7-17/h3-4,8,14H,2,5-7,9-12H2,1H3. The second-order valence-corrected chi connectivity index (χ2v) is 7.29. The largest absolute Gasteiger partial charge is 0.375 e. The second kappa shape index (κ2) is 6.49. The van der Waals surface area contributed by atoms with Crippen molar-refractivity contribution in [3.05, 3.63) is 29.6 Å². The van der Waals surface area contributed by atoms with Crippen LogP contribution in [0.4, 0.5) is 0 Å². The van der Waals surface area contributed by atoms with E-state index in [0.29, 0.717) is 5.69 Å². The summed E-state index contributed by atoms with van der Waals surface area (Å²) in [5.41, 5.74) is 1.72. The molecule has 3 rings (SSSR count). The molecule has 0 amide bonds. The summed E-state index contributed by atoms with van der Waals surface area (Å²) in [4.78, 5) is 17.2. The van der Waals surface area contributed by atoms with E-state index in [1.54, 1.807) is 6.20 Å². The van der Waals surface area contributed by atoms with Crippen LogP contribution in [-0.2, 0) is 11.2 Å². The third-order valence-electron chi connectivity index (χ3n) is 4.77. The van der Waals surface area contributed by atoms with Crippen LogP contribution >= 0.6 is 11.8 Å². The van der Waals surface area contributed by atoms with Gasteiger partial charge in [-0.25, -0.2) is 0 Å². The Kier molecular flexibility index (Phi) is 4.65. The van der Waals surface area contributed by atoms with Crippen molar-refractivity contribution in [1.29, 1.82) is 0 Å². The number of Topliss-reactive ketones (excluding diaryl/α,β-unsaturated/α-hetero) is 1. The number of ether oxygens (including phenoxy) is 1. The van der Waals surface area contributed by atoms with Gasteiger partial charge in [-0.2, -0.15) is 11.8 Å². The molecule has 21 heavy (non-hydrogen) atoms. The molecule has 0 bridgehead atoms. The smallest absolute Gasteiger partial charge is 0.184 e. The van der Waals surface area contributed by atoms with Gasteiger partial charge in [0.05, 0.1) is 5.60 Å². The number of aryl methyl sites for hydroxylation is 1. The van der Waals surface area contributed by atoms with Crippen LogP contribution in [0.5, 0.6) is 0 Å². The molecule has 1 aromatic rings. The maximum Gasteiger partial charge on any atom is 0.184 e. The first kappa shape index (κ1) is 15.0. The Hall–Kier alpha value is -0.870. The van der Waals surface area contributed by atoms with Crippen LogP contribution in [0.2, 0.25) is 0 Å². The predicted octanol–water partition coefficient (Wildman–Crippen LogP) is 3.52. The van der Waals surface area contributed by atoms with Crippen LogP contribution in [0.25, 0.3) is 0 Å². The predicted molar refractivity (Wildman–Crippen MR) is 85.9 cm³/mol. The van der Waals surface area contributed by atoms with Crippen molar-refractivity contribution in [3.8, 4) is 0 Å². The highest BCUT2D eigenvalue weighted by molar-refractivity contribution is 7.99. The molecular formula is C17H23NO2S. The topological polar surface area (TPSA) is 39.2 Å². The van der Waals surface area contributed by atoms with E-state index in [2.05, 4.69) is 11.9 Å². The first-order valence-electron chi connectivity index (χ1n) is 7.94. The van der Waals surface area contributed by atoms with Crippen molar-refractivity contribution >= 4 is 17.5 Å². The van der Waals surface area contributed by atoms with Gasteiger partial charge in [0.15, 0.2) is 5.78 Å². The van der Waals surface area contributed by atoms with E-state index in [0.717, 1.165) is 55.8 Å². The average Bonchev–Trinajstić information content (AvgIpc) is 2.55. The number of rotatable bonds is 3. The van der Waals surface area contributed by atoms with Gasteiger partial charge >= 0.3 is 0 Å². The second-order valence-electron chi connectivity index (χ2n) is 6.06. The fraction of sp³-hybridized carbons (Fsp3) is 0.647. The van der Waals surface area contributed by atoms with Crippen molar-refractivity contribution < 1.29 is 9.53 Å². The van der Waals surface area contributed by atoms with Gasteiger partial charge in [-0.3, -0.25) is 9.78 Å². The molecule has 2 saturated heterocycles. The Labute approximate surface area is 130 Å². The number of thioether (sulfide) groups is 1. The van der Waals surface area contributed by atoms with E-state index in [4.69, 9.17) is 4.74 Å². The number of aromatic nitrogens is 1. The Morgan fingerprint density at radius 1 is 1.48 bits per heavy atom. The van der Waals surface area contributed by atoms with Crippen LogP contribution in [0.1, 0.15) is 48.7 Å². The van der Waals surface area contributed by atoms with Gasteiger partial charge in [0.25, 0.3) is 0 Å². The molecule has 2 aliphatic rings. The Morgan fingerprint density at radius 3 is 3.05 bits per heavy atom. The fourth-order valence-electron chi connectivity index (χ4n) is 3.48. The van der Waals surface area contributed by atoms with E-state index in [1.807, 2.05) is 23.9 Å². The lowest BCUT2D eigenvalue weighted by Crippen LogP contribution is -2.44. The highest BCUT2D eigenvalue weighted by Gasteiger charge is 2.41. The van der Waals surface area contributed by atoms with Gasteiger partial charge in [-0.15, -0.1) is 0 Å². The zero-order valence-corrected chi connectivity index (χ0v) is 13.5. The maximum atomic E-state index is 12.9. The number of carbonyl (C=O) groups is 1. The highest BCUT2D eigenvalue weighted by atomic mass is 32.2. The molecule has 0 saturated carbocycles. The Balaban J connectivity index is 1.78. The molecule has 2 aliphatic heterocycles. The SMILES string of the molecule is CCc1cccnc1C(=O)C1CCOC2(CCSCC2)C1. The van der Waals surface area contributed by atoms with Crippen LogP contribution in [0.3, 0.4) is 0 Å². The molecule has 3 nitrogen and oxygen atoms in total. The molecule has 4 heteroatoms. The first-order chi connectivity index (χ1) is 10.2. The molecule has 0 aliphatic carbocycles. The number of carbonyl (C=O) groups excluding carboxylic acids is 1. The van der Waals surface area contributed by atoms with Gasteiger partial charge in [0, 0.05) is 18.7 Å². The van der Waals surface area contributed by atoms with E-state index >= 15 is 0 Å². The van der Waals surface area contributed by atoms with Crippen LogP contribution in [-0.4, -0.2) is 34.5 Å². The molecule has 0 aromatic carbocycles. The third kappa shape index (κ3) is 3.16. The Bertz CT molecular complexity index is 506. The van der Waals surface area contributed by atoms with Crippen LogP contribution in [0, 0.1) is 5.92 Å². The fourth-order valence-corrected chi connectivity index (χ4v) is 4.72. The molecule has 1 aromatic heterocycles. The normalized spacial score (nSPS) is 24.9. The Morgan fingerprint density at radius 2 is 2.29 bits per heavy atom. The molecule has 1 atom stereocenters. The van der Waals surface area contributed by atoms with E-state index < -0.39 is 0 Å². The minimum atomic E-state index is -0.0367. The molecular weight excluding hydrogens is 282 g/mol. The minimum absolute atomic E-state index is 0.0367. The summed E-state index contributed by atoms with van der Waals surface area (Å²) in [5.74, 6) is 2.63. The van der Waals surface area contributed by atoms with E-state index in [9.17, 15) is 4.79 Å². The monoisotopic (exact) mass is 305 g/mol. The average molecular weight is 305 g/mol. The highest BCUT2D eigenvalue weighted by Crippen LogP contribution is 2.40. The number of pyridine rings is 1. The number of hydrogen-bond acceptors (Lipinski definition) is 4. The van der Waals surface area contributed by atoms with E-state index in [-0.39, 0.29) is 17.3 Å². The number of hydrogen-bond donors (Lipinski definition) is 0. The summed E-state index contributed by atoms with van der Waals surface area (Å²) in [6.07, 6.45) is 6.49. The molecule has 0 N–H and O–H groups in total. The summed E-state index contributed by atoms with van der Waals surface area (Å²) in [5, 5.41) is 0. The first-order valence-corrected chi connectivity index (χ1v) is 9.09. The van der Waals surface area contributed by atoms with Crippen molar-refractivity contribution in [3.63, 3.8) is 0 Å². The summed E-state index contributed by atoms with van der Waals surface area (Å²) in [6, 6.07) is 3.94. The van der Waals surface area contributed by atoms with Gasteiger partial charge in [0.2, 0.25) is 0 Å². The number of ketones is 1. The zero-order chi connectivity index (χ0) is 14.7. The maximum absolute atomic E-state index is 12.9. The molecule has 3 heterocycles. The number of nitrogens with zero attached hydrogens (tertiary/aromatic N) is 1. The van der Waals surface area contributed by atoms with Crippen LogP contribution < -0.4 is 0 Å². The molecule has 1 unspecified atom stereocenters. The summed E-state index contributed by atoms with van der Waals surface area (Å²) < 4.78 is 6.09. The summed E-state index contributed by atoms with van der Waals surface area (Å²) in [6.45, 7) is 2.80.